The Balaban J connectivity index is 2.77. The number of primary amides is 1. The third kappa shape index (κ3) is 2.42. The highest BCUT2D eigenvalue weighted by Gasteiger charge is 2.16. The normalized spacial score (nSPS) is 12.1. The standard InChI is InChI=1S/C9H11FN2O2/c1-2-6(9(11)13)14-7-4-3-5-12-8(7)10/h3-6H,2H2,1H3,(H2,11,13). The van der Waals surface area contributed by atoms with Crippen molar-refractivity contribution in [2.45, 2.75) is 19.4 Å². The van der Waals surface area contributed by atoms with E-state index in [9.17, 15) is 9.18 Å². The maximum absolute atomic E-state index is 13.0. The molecule has 0 aliphatic rings. The first-order valence-corrected chi connectivity index (χ1v) is 4.21. The molecule has 4 nitrogen and oxygen atoms in total. The molecule has 0 fully saturated rings. The second kappa shape index (κ2) is 4.55. The molecule has 0 aliphatic heterocycles. The van der Waals surface area contributed by atoms with Crippen LogP contribution in [0.25, 0.3) is 0 Å². The van der Waals surface area contributed by atoms with Crippen molar-refractivity contribution in [3.8, 4) is 5.75 Å². The lowest BCUT2D eigenvalue weighted by molar-refractivity contribution is -0.124. The van der Waals surface area contributed by atoms with Crippen molar-refractivity contribution in [1.29, 1.82) is 0 Å². The first kappa shape index (κ1) is 10.4. The van der Waals surface area contributed by atoms with E-state index in [0.717, 1.165) is 0 Å². The van der Waals surface area contributed by atoms with E-state index < -0.39 is 18.0 Å². The van der Waals surface area contributed by atoms with E-state index >= 15 is 0 Å². The molecular weight excluding hydrogens is 187 g/mol. The first-order valence-electron chi connectivity index (χ1n) is 4.21. The average molecular weight is 198 g/mol. The van der Waals surface area contributed by atoms with E-state index in [2.05, 4.69) is 4.98 Å². The largest absolute Gasteiger partial charge is 0.476 e. The van der Waals surface area contributed by atoms with Crippen LogP contribution in [0, 0.1) is 5.95 Å². The number of nitrogens with two attached hydrogens (primary N) is 1. The minimum atomic E-state index is -0.811. The minimum Gasteiger partial charge on any atom is -0.476 e. The van der Waals surface area contributed by atoms with Gasteiger partial charge in [0, 0.05) is 6.20 Å². The van der Waals surface area contributed by atoms with Gasteiger partial charge in [-0.2, -0.15) is 4.39 Å². The van der Waals surface area contributed by atoms with E-state index in [0.29, 0.717) is 6.42 Å². The summed E-state index contributed by atoms with van der Waals surface area (Å²) in [4.78, 5) is 14.2. The highest BCUT2D eigenvalue weighted by Crippen LogP contribution is 2.15. The van der Waals surface area contributed by atoms with Gasteiger partial charge in [-0.05, 0) is 18.6 Å². The Morgan fingerprint density at radius 3 is 3.00 bits per heavy atom. The Morgan fingerprint density at radius 2 is 2.50 bits per heavy atom. The summed E-state index contributed by atoms with van der Waals surface area (Å²) in [5, 5.41) is 0. The summed E-state index contributed by atoms with van der Waals surface area (Å²) >= 11 is 0. The van der Waals surface area contributed by atoms with E-state index in [-0.39, 0.29) is 5.75 Å². The summed E-state index contributed by atoms with van der Waals surface area (Å²) in [5.41, 5.74) is 5.04. The third-order valence-corrected chi connectivity index (χ3v) is 1.68. The number of hydrogen-bond acceptors (Lipinski definition) is 3. The number of rotatable bonds is 4. The first-order chi connectivity index (χ1) is 6.65. The quantitative estimate of drug-likeness (QED) is 0.730. The van der Waals surface area contributed by atoms with E-state index in [1.807, 2.05) is 0 Å². The minimum absolute atomic E-state index is 0.0573. The Kier molecular flexibility index (Phi) is 3.39. The molecule has 14 heavy (non-hydrogen) atoms. The molecule has 2 N–H and O–H groups in total. The molecule has 76 valence electrons. The zero-order valence-corrected chi connectivity index (χ0v) is 7.74. The van der Waals surface area contributed by atoms with E-state index in [1.54, 1.807) is 6.92 Å². The molecule has 1 aromatic rings. The van der Waals surface area contributed by atoms with Gasteiger partial charge in [0.25, 0.3) is 11.9 Å². The molecule has 0 saturated carbocycles. The summed E-state index contributed by atoms with van der Waals surface area (Å²) in [6.07, 6.45) is 0.880. The fourth-order valence-electron chi connectivity index (χ4n) is 0.955. The van der Waals surface area contributed by atoms with Gasteiger partial charge >= 0.3 is 0 Å². The predicted molar refractivity (Wildman–Crippen MR) is 48.1 cm³/mol. The summed E-state index contributed by atoms with van der Waals surface area (Å²) in [7, 11) is 0. The van der Waals surface area contributed by atoms with Crippen LogP contribution in [0.5, 0.6) is 5.75 Å². The highest BCUT2D eigenvalue weighted by molar-refractivity contribution is 5.79. The molecular formula is C9H11FN2O2. The van der Waals surface area contributed by atoms with Crippen molar-refractivity contribution >= 4 is 5.91 Å². The molecule has 1 amide bonds. The van der Waals surface area contributed by atoms with Crippen LogP contribution in [-0.2, 0) is 4.79 Å². The highest BCUT2D eigenvalue weighted by atomic mass is 19.1. The number of pyridine rings is 1. The number of carbonyl (C=O) groups is 1. The SMILES string of the molecule is CCC(Oc1cccnc1F)C(N)=O. The van der Waals surface area contributed by atoms with Gasteiger partial charge in [0.05, 0.1) is 0 Å². The topological polar surface area (TPSA) is 65.2 Å². The van der Waals surface area contributed by atoms with E-state index in [1.165, 1.54) is 18.3 Å². The van der Waals surface area contributed by atoms with Crippen LogP contribution in [-0.4, -0.2) is 17.0 Å². The molecule has 0 bridgehead atoms. The van der Waals surface area contributed by atoms with Gasteiger partial charge in [-0.1, -0.05) is 6.92 Å². The van der Waals surface area contributed by atoms with Gasteiger partial charge in [0.2, 0.25) is 0 Å². The number of hydrogen-bond donors (Lipinski definition) is 1. The average Bonchev–Trinajstić information content (AvgIpc) is 2.16. The van der Waals surface area contributed by atoms with Gasteiger partial charge in [-0.25, -0.2) is 4.98 Å². The maximum Gasteiger partial charge on any atom is 0.258 e. The van der Waals surface area contributed by atoms with Crippen LogP contribution < -0.4 is 10.5 Å². The van der Waals surface area contributed by atoms with Crippen LogP contribution in [0.15, 0.2) is 18.3 Å². The molecule has 1 unspecified atom stereocenters. The van der Waals surface area contributed by atoms with Gasteiger partial charge in [-0.15, -0.1) is 0 Å². The number of amides is 1. The summed E-state index contributed by atoms with van der Waals surface area (Å²) in [5.74, 6) is -1.42. The zero-order valence-electron chi connectivity index (χ0n) is 7.74. The lowest BCUT2D eigenvalue weighted by atomic mass is 10.2. The summed E-state index contributed by atoms with van der Waals surface area (Å²) in [6.45, 7) is 1.73. The van der Waals surface area contributed by atoms with E-state index in [4.69, 9.17) is 10.5 Å². The summed E-state index contributed by atoms with van der Waals surface area (Å²) < 4.78 is 18.0. The van der Waals surface area contributed by atoms with Gasteiger partial charge in [-0.3, -0.25) is 4.79 Å². The molecule has 1 heterocycles. The molecule has 1 atom stereocenters. The van der Waals surface area contributed by atoms with Crippen LogP contribution in [0.2, 0.25) is 0 Å². The molecule has 0 spiro atoms. The van der Waals surface area contributed by atoms with Crippen LogP contribution >= 0.6 is 0 Å². The predicted octanol–water partition coefficient (Wildman–Crippen LogP) is 0.863. The Bertz CT molecular complexity index is 330. The lowest BCUT2D eigenvalue weighted by Gasteiger charge is -2.13. The molecule has 0 aromatic carbocycles. The van der Waals surface area contributed by atoms with Crippen LogP contribution in [0.3, 0.4) is 0 Å². The van der Waals surface area contributed by atoms with Crippen molar-refractivity contribution in [2.24, 2.45) is 5.73 Å². The van der Waals surface area contributed by atoms with Gasteiger partial charge in [0.15, 0.2) is 11.9 Å². The zero-order chi connectivity index (χ0) is 10.6. The number of ether oxygens (including phenoxy) is 1. The second-order valence-electron chi connectivity index (χ2n) is 2.71. The monoisotopic (exact) mass is 198 g/mol. The maximum atomic E-state index is 13.0. The van der Waals surface area contributed by atoms with Crippen LogP contribution in [0.4, 0.5) is 4.39 Å². The molecule has 0 aliphatic carbocycles. The van der Waals surface area contributed by atoms with Crippen molar-refractivity contribution in [3.63, 3.8) is 0 Å². The molecule has 0 saturated heterocycles. The fraction of sp³-hybridized carbons (Fsp3) is 0.333. The molecule has 1 aromatic heterocycles. The molecule has 1 rings (SSSR count). The number of aromatic nitrogens is 1. The number of halogens is 1. The van der Waals surface area contributed by atoms with Crippen molar-refractivity contribution < 1.29 is 13.9 Å². The third-order valence-electron chi connectivity index (χ3n) is 1.68. The molecule has 0 radical (unpaired) electrons. The number of carbonyl (C=O) groups excluding carboxylic acids is 1. The van der Waals surface area contributed by atoms with Crippen molar-refractivity contribution in [2.75, 3.05) is 0 Å². The van der Waals surface area contributed by atoms with Crippen molar-refractivity contribution in [1.82, 2.24) is 4.98 Å². The van der Waals surface area contributed by atoms with Gasteiger partial charge in [0.1, 0.15) is 0 Å². The fourth-order valence-corrected chi connectivity index (χ4v) is 0.955. The lowest BCUT2D eigenvalue weighted by Crippen LogP contribution is -2.33. The Morgan fingerprint density at radius 1 is 1.79 bits per heavy atom. The van der Waals surface area contributed by atoms with Crippen LogP contribution in [0.1, 0.15) is 13.3 Å². The van der Waals surface area contributed by atoms with Gasteiger partial charge < -0.3 is 10.5 Å². The molecule has 5 heteroatoms. The Hall–Kier alpha value is -1.65. The smallest absolute Gasteiger partial charge is 0.258 e. The second-order valence-corrected chi connectivity index (χ2v) is 2.71. The number of nitrogens with zero attached hydrogens (tertiary/aromatic N) is 1. The Labute approximate surface area is 80.9 Å². The van der Waals surface area contributed by atoms with Crippen molar-refractivity contribution in [3.05, 3.63) is 24.3 Å². The summed E-state index contributed by atoms with van der Waals surface area (Å²) in [6, 6.07) is 2.92.